The predicted octanol–water partition coefficient (Wildman–Crippen LogP) is 2.37. The van der Waals surface area contributed by atoms with Gasteiger partial charge in [-0.2, -0.15) is 0 Å². The van der Waals surface area contributed by atoms with E-state index < -0.39 is 0 Å². The highest BCUT2D eigenvalue weighted by atomic mass is 16.5. The first-order valence-corrected chi connectivity index (χ1v) is 5.37. The first-order chi connectivity index (χ1) is 6.24. The van der Waals surface area contributed by atoms with Gasteiger partial charge in [-0.1, -0.05) is 6.92 Å². The van der Waals surface area contributed by atoms with Crippen LogP contribution in [-0.4, -0.2) is 25.9 Å². The molecule has 0 aromatic rings. The molecule has 3 fully saturated rings. The molecule has 2 aliphatic heterocycles. The van der Waals surface area contributed by atoms with Crippen LogP contribution < -0.4 is 0 Å². The highest BCUT2D eigenvalue weighted by molar-refractivity contribution is 4.98. The van der Waals surface area contributed by atoms with Gasteiger partial charge < -0.3 is 9.47 Å². The van der Waals surface area contributed by atoms with E-state index >= 15 is 0 Å². The molecule has 1 aliphatic carbocycles. The van der Waals surface area contributed by atoms with Gasteiger partial charge in [0.1, 0.15) is 0 Å². The summed E-state index contributed by atoms with van der Waals surface area (Å²) >= 11 is 0. The summed E-state index contributed by atoms with van der Waals surface area (Å²) < 4.78 is 11.2. The van der Waals surface area contributed by atoms with Crippen molar-refractivity contribution in [3.05, 3.63) is 0 Å². The van der Waals surface area contributed by atoms with E-state index in [1.54, 1.807) is 7.11 Å². The monoisotopic (exact) mass is 184 g/mol. The van der Waals surface area contributed by atoms with Gasteiger partial charge in [0, 0.05) is 7.11 Å². The van der Waals surface area contributed by atoms with E-state index in [4.69, 9.17) is 9.47 Å². The highest BCUT2D eigenvalue weighted by Gasteiger charge is 2.48. The fraction of sp³-hybridized carbons (Fsp3) is 1.00. The lowest BCUT2D eigenvalue weighted by Gasteiger charge is -2.52. The minimum absolute atomic E-state index is 0.0890. The number of ether oxygens (including phenoxy) is 2. The Morgan fingerprint density at radius 2 is 1.92 bits per heavy atom. The Morgan fingerprint density at radius 1 is 1.23 bits per heavy atom. The maximum Gasteiger partial charge on any atom is 0.0915 e. The topological polar surface area (TPSA) is 18.5 Å². The Hall–Kier alpha value is -0.0800. The number of hydrogen-bond acceptors (Lipinski definition) is 2. The molecule has 0 aromatic heterocycles. The van der Waals surface area contributed by atoms with Gasteiger partial charge in [-0.15, -0.1) is 0 Å². The summed E-state index contributed by atoms with van der Waals surface area (Å²) in [6.45, 7) is 4.04. The van der Waals surface area contributed by atoms with E-state index in [0.717, 1.165) is 13.2 Å². The lowest BCUT2D eigenvalue weighted by atomic mass is 9.65. The van der Waals surface area contributed by atoms with Gasteiger partial charge in [0.2, 0.25) is 0 Å². The molecule has 2 bridgehead atoms. The average molecular weight is 184 g/mol. The van der Waals surface area contributed by atoms with Crippen molar-refractivity contribution >= 4 is 0 Å². The molecule has 0 atom stereocenters. The third kappa shape index (κ3) is 1.50. The van der Waals surface area contributed by atoms with Crippen molar-refractivity contribution in [2.45, 2.75) is 44.6 Å². The zero-order valence-corrected chi connectivity index (χ0v) is 8.77. The SMILES string of the molecule is CCC12CCC(COC)(CC1)OC2. The molecule has 3 aliphatic rings. The summed E-state index contributed by atoms with van der Waals surface area (Å²) in [7, 11) is 1.77. The molecule has 0 spiro atoms. The smallest absolute Gasteiger partial charge is 0.0915 e. The van der Waals surface area contributed by atoms with Gasteiger partial charge in [-0.05, 0) is 37.5 Å². The Labute approximate surface area is 80.6 Å². The van der Waals surface area contributed by atoms with E-state index in [2.05, 4.69) is 6.92 Å². The lowest BCUT2D eigenvalue weighted by molar-refractivity contribution is -0.203. The number of rotatable bonds is 3. The van der Waals surface area contributed by atoms with Gasteiger partial charge >= 0.3 is 0 Å². The molecule has 1 saturated carbocycles. The molecule has 2 nitrogen and oxygen atoms in total. The van der Waals surface area contributed by atoms with Crippen molar-refractivity contribution in [3.63, 3.8) is 0 Å². The molecule has 0 radical (unpaired) electrons. The molecule has 76 valence electrons. The zero-order chi connectivity index (χ0) is 9.36. The Bertz CT molecular complexity index is 164. The number of hydrogen-bond donors (Lipinski definition) is 0. The third-order valence-electron chi connectivity index (χ3n) is 4.06. The van der Waals surface area contributed by atoms with Crippen LogP contribution in [0.2, 0.25) is 0 Å². The van der Waals surface area contributed by atoms with Crippen molar-refractivity contribution in [2.75, 3.05) is 20.3 Å². The van der Waals surface area contributed by atoms with Crippen LogP contribution in [0.4, 0.5) is 0 Å². The van der Waals surface area contributed by atoms with Gasteiger partial charge in [-0.25, -0.2) is 0 Å². The van der Waals surface area contributed by atoms with E-state index in [1.165, 1.54) is 32.1 Å². The van der Waals surface area contributed by atoms with Crippen LogP contribution in [0.5, 0.6) is 0 Å². The quantitative estimate of drug-likeness (QED) is 0.670. The minimum atomic E-state index is 0.0890. The molecule has 0 aromatic carbocycles. The van der Waals surface area contributed by atoms with Gasteiger partial charge in [-0.3, -0.25) is 0 Å². The van der Waals surface area contributed by atoms with Crippen LogP contribution in [0, 0.1) is 5.41 Å². The zero-order valence-electron chi connectivity index (χ0n) is 8.77. The van der Waals surface area contributed by atoms with Gasteiger partial charge in [0.05, 0.1) is 18.8 Å². The van der Waals surface area contributed by atoms with Crippen LogP contribution in [-0.2, 0) is 9.47 Å². The van der Waals surface area contributed by atoms with Crippen molar-refractivity contribution in [2.24, 2.45) is 5.41 Å². The van der Waals surface area contributed by atoms with Crippen molar-refractivity contribution in [1.29, 1.82) is 0 Å². The van der Waals surface area contributed by atoms with Crippen LogP contribution in [0.15, 0.2) is 0 Å². The van der Waals surface area contributed by atoms with Crippen molar-refractivity contribution < 1.29 is 9.47 Å². The Balaban J connectivity index is 2.03. The summed E-state index contributed by atoms with van der Waals surface area (Å²) in [4.78, 5) is 0. The summed E-state index contributed by atoms with van der Waals surface area (Å²) in [5.74, 6) is 0. The highest BCUT2D eigenvalue weighted by Crippen LogP contribution is 2.50. The van der Waals surface area contributed by atoms with Gasteiger partial charge in [0.25, 0.3) is 0 Å². The fourth-order valence-corrected chi connectivity index (χ4v) is 2.74. The molecule has 3 rings (SSSR count). The average Bonchev–Trinajstić information content (AvgIpc) is 2.21. The van der Waals surface area contributed by atoms with Gasteiger partial charge in [0.15, 0.2) is 0 Å². The third-order valence-corrected chi connectivity index (χ3v) is 4.06. The van der Waals surface area contributed by atoms with Crippen LogP contribution in [0.25, 0.3) is 0 Å². The van der Waals surface area contributed by atoms with Crippen LogP contribution in [0.3, 0.4) is 0 Å². The Morgan fingerprint density at radius 3 is 2.31 bits per heavy atom. The van der Waals surface area contributed by atoms with Crippen LogP contribution >= 0.6 is 0 Å². The second kappa shape index (κ2) is 3.25. The summed E-state index contributed by atoms with van der Waals surface area (Å²) in [5.41, 5.74) is 0.612. The predicted molar refractivity (Wildman–Crippen MR) is 51.8 cm³/mol. The molecule has 13 heavy (non-hydrogen) atoms. The second-order valence-corrected chi connectivity index (χ2v) is 4.76. The first-order valence-electron chi connectivity index (χ1n) is 5.37. The Kier molecular flexibility index (Phi) is 2.37. The maximum atomic E-state index is 5.97. The van der Waals surface area contributed by atoms with E-state index in [9.17, 15) is 0 Å². The molecular formula is C11H20O2. The second-order valence-electron chi connectivity index (χ2n) is 4.76. The number of methoxy groups -OCH3 is 1. The standard InChI is InChI=1S/C11H20O2/c1-3-10-4-6-11(7-5-10,9-12-2)13-8-10/h3-9H2,1-2H3. The first kappa shape index (κ1) is 9.47. The number of fused-ring (bicyclic) bond motifs is 3. The molecule has 2 heteroatoms. The normalized spacial score (nSPS) is 43.8. The van der Waals surface area contributed by atoms with Crippen molar-refractivity contribution in [3.8, 4) is 0 Å². The summed E-state index contributed by atoms with van der Waals surface area (Å²) in [6.07, 6.45) is 6.36. The van der Waals surface area contributed by atoms with Crippen molar-refractivity contribution in [1.82, 2.24) is 0 Å². The van der Waals surface area contributed by atoms with E-state index in [-0.39, 0.29) is 5.60 Å². The lowest BCUT2D eigenvalue weighted by Crippen LogP contribution is -2.53. The largest absolute Gasteiger partial charge is 0.382 e. The van der Waals surface area contributed by atoms with E-state index in [1.807, 2.05) is 0 Å². The molecule has 2 heterocycles. The van der Waals surface area contributed by atoms with E-state index in [0.29, 0.717) is 5.41 Å². The molecular weight excluding hydrogens is 164 g/mol. The van der Waals surface area contributed by atoms with Crippen LogP contribution in [0.1, 0.15) is 39.0 Å². The molecule has 0 amide bonds. The maximum absolute atomic E-state index is 5.97. The summed E-state index contributed by atoms with van der Waals surface area (Å²) in [6, 6.07) is 0. The molecule has 0 N–H and O–H groups in total. The molecule has 0 unspecified atom stereocenters. The summed E-state index contributed by atoms with van der Waals surface area (Å²) in [5, 5.41) is 0. The molecule has 2 saturated heterocycles. The fourth-order valence-electron chi connectivity index (χ4n) is 2.74. The minimum Gasteiger partial charge on any atom is -0.382 e.